The second kappa shape index (κ2) is 6.40. The molecule has 1 heterocycles. The first-order valence-electron chi connectivity index (χ1n) is 8.18. The number of rotatable bonds is 4. The van der Waals surface area contributed by atoms with Gasteiger partial charge < -0.3 is 10.2 Å². The second-order valence-corrected chi connectivity index (χ2v) is 6.06. The summed E-state index contributed by atoms with van der Waals surface area (Å²) in [6.07, 6.45) is -0.283. The predicted molar refractivity (Wildman–Crippen MR) is 95.5 cm³/mol. The molecule has 25 heavy (non-hydrogen) atoms. The van der Waals surface area contributed by atoms with Crippen molar-refractivity contribution >= 4 is 11.6 Å². The van der Waals surface area contributed by atoms with E-state index in [1.807, 2.05) is 59.5 Å². The maximum atomic E-state index is 13.2. The van der Waals surface area contributed by atoms with Crippen LogP contribution in [0.15, 0.2) is 78.9 Å². The minimum atomic E-state index is -0.283. The normalized spacial score (nSPS) is 16.0. The lowest BCUT2D eigenvalue weighted by atomic mass is 10.1. The third kappa shape index (κ3) is 2.98. The summed E-state index contributed by atoms with van der Waals surface area (Å²) in [6.45, 7) is 0.507. The fourth-order valence-corrected chi connectivity index (χ4v) is 3.17. The van der Waals surface area contributed by atoms with Gasteiger partial charge in [0.05, 0.1) is 0 Å². The number of nitrogens with one attached hydrogen (secondary N) is 1. The molecule has 3 nitrogen and oxygen atoms in total. The van der Waals surface area contributed by atoms with Gasteiger partial charge in [0.15, 0.2) is 0 Å². The molecule has 0 radical (unpaired) electrons. The van der Waals surface area contributed by atoms with Gasteiger partial charge in [-0.3, -0.25) is 4.79 Å². The molecule has 1 amide bonds. The largest absolute Gasteiger partial charge is 0.361 e. The highest BCUT2D eigenvalue weighted by Crippen LogP contribution is 2.35. The monoisotopic (exact) mass is 332 g/mol. The fraction of sp³-hybridized carbons (Fsp3) is 0.0952. The van der Waals surface area contributed by atoms with Crippen LogP contribution in [0.2, 0.25) is 0 Å². The number of fused-ring (bicyclic) bond motifs is 1. The maximum absolute atomic E-state index is 13.2. The number of benzene rings is 3. The molecule has 1 aliphatic rings. The summed E-state index contributed by atoms with van der Waals surface area (Å²) in [6, 6.07) is 23.7. The Morgan fingerprint density at radius 3 is 2.32 bits per heavy atom. The summed E-state index contributed by atoms with van der Waals surface area (Å²) in [5.41, 5.74) is 3.48. The lowest BCUT2D eigenvalue weighted by molar-refractivity contribution is 0.0729. The van der Waals surface area contributed by atoms with Crippen molar-refractivity contribution in [3.63, 3.8) is 0 Å². The van der Waals surface area contributed by atoms with Crippen LogP contribution < -0.4 is 5.32 Å². The number of carbonyl (C=O) groups is 1. The highest BCUT2D eigenvalue weighted by atomic mass is 19.1. The van der Waals surface area contributed by atoms with Crippen LogP contribution in [0.3, 0.4) is 0 Å². The quantitative estimate of drug-likeness (QED) is 0.758. The Bertz CT molecular complexity index is 893. The Labute approximate surface area is 145 Å². The molecule has 0 unspecified atom stereocenters. The fourth-order valence-electron chi connectivity index (χ4n) is 3.17. The van der Waals surface area contributed by atoms with Gasteiger partial charge in [-0.15, -0.1) is 0 Å². The lowest BCUT2D eigenvalue weighted by Gasteiger charge is -2.27. The van der Waals surface area contributed by atoms with Gasteiger partial charge in [0, 0.05) is 23.4 Å². The van der Waals surface area contributed by atoms with Crippen molar-refractivity contribution < 1.29 is 9.18 Å². The van der Waals surface area contributed by atoms with E-state index in [9.17, 15) is 9.18 Å². The molecular formula is C21H17FN2O. The predicted octanol–water partition coefficient (Wildman–Crippen LogP) is 4.59. The Kier molecular flexibility index (Phi) is 3.94. The molecular weight excluding hydrogens is 315 g/mol. The molecule has 3 aromatic carbocycles. The van der Waals surface area contributed by atoms with Gasteiger partial charge in [-0.1, -0.05) is 48.5 Å². The summed E-state index contributed by atoms with van der Waals surface area (Å²) in [5.74, 6) is -0.284. The van der Waals surface area contributed by atoms with Crippen molar-refractivity contribution in [2.75, 3.05) is 5.32 Å². The third-order valence-electron chi connectivity index (χ3n) is 4.40. The first-order valence-corrected chi connectivity index (χ1v) is 8.18. The highest BCUT2D eigenvalue weighted by Gasteiger charge is 2.36. The van der Waals surface area contributed by atoms with E-state index in [1.54, 1.807) is 12.1 Å². The number of hydrogen-bond acceptors (Lipinski definition) is 2. The van der Waals surface area contributed by atoms with Crippen molar-refractivity contribution in [3.8, 4) is 0 Å². The number of anilines is 1. The zero-order chi connectivity index (χ0) is 17.2. The first kappa shape index (κ1) is 15.4. The Hall–Kier alpha value is -3.14. The molecule has 4 rings (SSSR count). The van der Waals surface area contributed by atoms with Gasteiger partial charge in [-0.25, -0.2) is 4.39 Å². The molecule has 0 saturated carbocycles. The minimum absolute atomic E-state index is 0.000866. The Morgan fingerprint density at radius 1 is 0.880 bits per heavy atom. The molecule has 1 atom stereocenters. The van der Waals surface area contributed by atoms with E-state index >= 15 is 0 Å². The van der Waals surface area contributed by atoms with Crippen LogP contribution in [0.5, 0.6) is 0 Å². The van der Waals surface area contributed by atoms with Crippen molar-refractivity contribution in [1.82, 2.24) is 4.90 Å². The molecule has 0 aromatic heterocycles. The molecule has 0 saturated heterocycles. The van der Waals surface area contributed by atoms with E-state index in [0.717, 1.165) is 16.8 Å². The summed E-state index contributed by atoms with van der Waals surface area (Å²) in [4.78, 5) is 14.7. The van der Waals surface area contributed by atoms with E-state index in [4.69, 9.17) is 0 Å². The number of halogens is 1. The lowest BCUT2D eigenvalue weighted by Crippen LogP contribution is -2.31. The average molecular weight is 332 g/mol. The van der Waals surface area contributed by atoms with Crippen LogP contribution in [0.25, 0.3) is 0 Å². The number of hydrogen-bond donors (Lipinski definition) is 1. The topological polar surface area (TPSA) is 32.3 Å². The molecule has 0 fully saturated rings. The standard InChI is InChI=1S/C21H17FN2O/c22-16-10-12-17(13-11-16)23-20-18-8-4-5-9-19(18)21(25)24(20)14-15-6-2-1-3-7-15/h1-13,20,23H,14H2/t20-/m1/s1. The van der Waals surface area contributed by atoms with Crippen molar-refractivity contribution in [3.05, 3.63) is 101 Å². The number of carbonyl (C=O) groups excluding carboxylic acids is 1. The molecule has 124 valence electrons. The van der Waals surface area contributed by atoms with Crippen LogP contribution in [-0.2, 0) is 6.54 Å². The van der Waals surface area contributed by atoms with Crippen LogP contribution in [-0.4, -0.2) is 10.8 Å². The SMILES string of the molecule is O=C1c2ccccc2[C@H](Nc2ccc(F)cc2)N1Cc1ccccc1. The summed E-state index contributed by atoms with van der Waals surface area (Å²) >= 11 is 0. The van der Waals surface area contributed by atoms with Crippen LogP contribution >= 0.6 is 0 Å². The zero-order valence-electron chi connectivity index (χ0n) is 13.5. The van der Waals surface area contributed by atoms with Crippen LogP contribution in [0, 0.1) is 5.82 Å². The molecule has 1 N–H and O–H groups in total. The Morgan fingerprint density at radius 2 is 1.56 bits per heavy atom. The van der Waals surface area contributed by atoms with Gasteiger partial charge in [0.2, 0.25) is 0 Å². The Balaban J connectivity index is 1.68. The van der Waals surface area contributed by atoms with Crippen molar-refractivity contribution in [1.29, 1.82) is 0 Å². The molecule has 0 aliphatic carbocycles. The molecule has 4 heteroatoms. The maximum Gasteiger partial charge on any atom is 0.256 e. The number of amides is 1. The van der Waals surface area contributed by atoms with Gasteiger partial charge in [-0.05, 0) is 35.9 Å². The minimum Gasteiger partial charge on any atom is -0.361 e. The van der Waals surface area contributed by atoms with Gasteiger partial charge in [0.25, 0.3) is 5.91 Å². The highest BCUT2D eigenvalue weighted by molar-refractivity contribution is 5.99. The first-order chi connectivity index (χ1) is 12.2. The van der Waals surface area contributed by atoms with Gasteiger partial charge >= 0.3 is 0 Å². The average Bonchev–Trinajstić information content (AvgIpc) is 2.91. The molecule has 0 spiro atoms. The third-order valence-corrected chi connectivity index (χ3v) is 4.40. The second-order valence-electron chi connectivity index (χ2n) is 6.06. The van der Waals surface area contributed by atoms with E-state index in [0.29, 0.717) is 12.1 Å². The van der Waals surface area contributed by atoms with Gasteiger partial charge in [0.1, 0.15) is 12.0 Å². The van der Waals surface area contributed by atoms with Crippen molar-refractivity contribution in [2.45, 2.75) is 12.7 Å². The van der Waals surface area contributed by atoms with E-state index in [-0.39, 0.29) is 17.9 Å². The summed E-state index contributed by atoms with van der Waals surface area (Å²) < 4.78 is 13.2. The van der Waals surface area contributed by atoms with Crippen LogP contribution in [0.1, 0.15) is 27.7 Å². The smallest absolute Gasteiger partial charge is 0.256 e. The summed E-state index contributed by atoms with van der Waals surface area (Å²) in [5, 5.41) is 3.36. The van der Waals surface area contributed by atoms with E-state index in [1.165, 1.54) is 12.1 Å². The van der Waals surface area contributed by atoms with E-state index < -0.39 is 0 Å². The number of nitrogens with zero attached hydrogens (tertiary/aromatic N) is 1. The zero-order valence-corrected chi connectivity index (χ0v) is 13.5. The molecule has 1 aliphatic heterocycles. The summed E-state index contributed by atoms with van der Waals surface area (Å²) in [7, 11) is 0. The molecule has 0 bridgehead atoms. The van der Waals surface area contributed by atoms with Crippen molar-refractivity contribution in [2.24, 2.45) is 0 Å². The van der Waals surface area contributed by atoms with Gasteiger partial charge in [-0.2, -0.15) is 0 Å². The molecule has 3 aromatic rings. The van der Waals surface area contributed by atoms with Crippen LogP contribution in [0.4, 0.5) is 10.1 Å². The van der Waals surface area contributed by atoms with E-state index in [2.05, 4.69) is 5.32 Å².